The fraction of sp³-hybridized carbons (Fsp3) is 0.786. The van der Waals surface area contributed by atoms with Gasteiger partial charge in [0, 0.05) is 16.6 Å². The van der Waals surface area contributed by atoms with Gasteiger partial charge < -0.3 is 5.11 Å². The first-order valence-corrected chi connectivity index (χ1v) is 14.3. The molecule has 0 spiro atoms. The highest BCUT2D eigenvalue weighted by Gasteiger charge is 2.24. The fourth-order valence-corrected chi connectivity index (χ4v) is 7.17. The Morgan fingerprint density at radius 2 is 1.20 bits per heavy atom. The third kappa shape index (κ3) is 6.68. The zero-order valence-electron chi connectivity index (χ0n) is 19.8. The minimum Gasteiger partial charge on any atom is -0.507 e. The van der Waals surface area contributed by atoms with Gasteiger partial charge in [0.2, 0.25) is 0 Å². The van der Waals surface area contributed by atoms with Gasteiger partial charge in [0.25, 0.3) is 0 Å². The molecule has 0 atom stereocenters. The number of aromatic hydroxyl groups is 1. The third-order valence-electron chi connectivity index (χ3n) is 7.64. The lowest BCUT2D eigenvalue weighted by molar-refractivity contribution is 0.408. The van der Waals surface area contributed by atoms with Crippen molar-refractivity contribution < 1.29 is 5.11 Å². The fourth-order valence-electron chi connectivity index (χ4n) is 5.87. The molecular weight excluding hydrogens is 384 g/mol. The molecule has 1 aromatic carbocycles. The highest BCUT2D eigenvalue weighted by Crippen LogP contribution is 2.44. The Balaban J connectivity index is 0.00000124. The van der Waals surface area contributed by atoms with E-state index in [4.69, 9.17) is 0 Å². The Hall–Kier alpha value is -0.630. The number of thioether (sulfide) groups is 1. The minimum absolute atomic E-state index is 0.596. The number of hydrogen-bond donors (Lipinski definition) is 1. The molecule has 0 aliphatic heterocycles. The van der Waals surface area contributed by atoms with Crippen LogP contribution < -0.4 is 0 Å². The topological polar surface area (TPSA) is 20.2 Å². The molecule has 2 heteroatoms. The second-order valence-electron chi connectivity index (χ2n) is 9.71. The smallest absolute Gasteiger partial charge is 0.123 e. The Bertz CT molecular complexity index is 605. The quantitative estimate of drug-likeness (QED) is 0.469. The lowest BCUT2D eigenvalue weighted by Gasteiger charge is -2.28. The van der Waals surface area contributed by atoms with Gasteiger partial charge in [-0.1, -0.05) is 90.2 Å². The summed E-state index contributed by atoms with van der Waals surface area (Å²) >= 11 is 2.13. The van der Waals surface area contributed by atoms with Gasteiger partial charge in [-0.3, -0.25) is 0 Å². The molecule has 3 aliphatic carbocycles. The monoisotopic (exact) mass is 430 g/mol. The van der Waals surface area contributed by atoms with E-state index < -0.39 is 0 Å². The first-order valence-electron chi connectivity index (χ1n) is 13.3. The van der Waals surface area contributed by atoms with Crippen LogP contribution in [0.2, 0.25) is 0 Å². The van der Waals surface area contributed by atoms with Gasteiger partial charge in [-0.05, 0) is 61.5 Å². The van der Waals surface area contributed by atoms with Crippen molar-refractivity contribution in [3.8, 4) is 5.75 Å². The molecule has 3 saturated carbocycles. The number of benzene rings is 1. The number of hydrogen-bond acceptors (Lipinski definition) is 2. The van der Waals surface area contributed by atoms with E-state index in [-0.39, 0.29) is 0 Å². The molecule has 30 heavy (non-hydrogen) atoms. The summed E-state index contributed by atoms with van der Waals surface area (Å²) in [6.45, 7) is 4.00. The summed E-state index contributed by atoms with van der Waals surface area (Å²) in [5.41, 5.74) is 4.10. The molecule has 0 amide bonds. The molecule has 0 heterocycles. The van der Waals surface area contributed by atoms with E-state index in [1.165, 1.54) is 114 Å². The van der Waals surface area contributed by atoms with Crippen LogP contribution in [0, 0.1) is 0 Å². The van der Waals surface area contributed by atoms with E-state index in [0.29, 0.717) is 11.7 Å². The van der Waals surface area contributed by atoms with Crippen LogP contribution in [0.5, 0.6) is 5.75 Å². The standard InChI is InChI=1S/C26H40OS.C2H6/c27-26-23(19-28-24-15-9-1-2-10-16-24)17-22(20-11-5-3-6-12-20)18-25(26)21-13-7-4-8-14-21;1-2/h17-18,20-21,24,27H,1-16,19H2;1-2H3. The molecular formula is C28H46OS. The van der Waals surface area contributed by atoms with Crippen molar-refractivity contribution >= 4 is 11.8 Å². The van der Waals surface area contributed by atoms with Crippen LogP contribution in [-0.4, -0.2) is 10.4 Å². The molecule has 0 aromatic heterocycles. The average molecular weight is 431 g/mol. The van der Waals surface area contributed by atoms with Crippen molar-refractivity contribution in [1.82, 2.24) is 0 Å². The Morgan fingerprint density at radius 1 is 0.700 bits per heavy atom. The van der Waals surface area contributed by atoms with Gasteiger partial charge in [0.1, 0.15) is 5.75 Å². The molecule has 1 N–H and O–H groups in total. The maximum absolute atomic E-state index is 11.2. The molecule has 0 unspecified atom stereocenters. The molecule has 0 bridgehead atoms. The van der Waals surface area contributed by atoms with Crippen LogP contribution in [0.4, 0.5) is 0 Å². The van der Waals surface area contributed by atoms with Crippen molar-refractivity contribution in [1.29, 1.82) is 0 Å². The Morgan fingerprint density at radius 3 is 1.80 bits per heavy atom. The van der Waals surface area contributed by atoms with Crippen molar-refractivity contribution in [3.05, 3.63) is 28.8 Å². The van der Waals surface area contributed by atoms with Crippen LogP contribution in [-0.2, 0) is 5.75 Å². The highest BCUT2D eigenvalue weighted by atomic mass is 32.2. The van der Waals surface area contributed by atoms with Gasteiger partial charge in [0.05, 0.1) is 0 Å². The molecule has 4 rings (SSSR count). The molecule has 3 aliphatic rings. The summed E-state index contributed by atoms with van der Waals surface area (Å²) in [4.78, 5) is 0. The van der Waals surface area contributed by atoms with Gasteiger partial charge in [-0.15, -0.1) is 0 Å². The maximum atomic E-state index is 11.2. The van der Waals surface area contributed by atoms with Crippen LogP contribution in [0.1, 0.15) is 145 Å². The van der Waals surface area contributed by atoms with Crippen LogP contribution in [0.25, 0.3) is 0 Å². The number of phenolic OH excluding ortho intramolecular Hbond substituents is 1. The zero-order valence-corrected chi connectivity index (χ0v) is 20.6. The predicted octanol–water partition coefficient (Wildman–Crippen LogP) is 9.47. The average Bonchev–Trinajstić information content (AvgIpc) is 3.10. The number of rotatable bonds is 5. The van der Waals surface area contributed by atoms with E-state index in [0.717, 1.165) is 16.9 Å². The summed E-state index contributed by atoms with van der Waals surface area (Å²) < 4.78 is 0. The summed E-state index contributed by atoms with van der Waals surface area (Å²) in [7, 11) is 0. The van der Waals surface area contributed by atoms with Crippen LogP contribution >= 0.6 is 11.8 Å². The van der Waals surface area contributed by atoms with Crippen molar-refractivity contribution in [2.75, 3.05) is 0 Å². The van der Waals surface area contributed by atoms with E-state index in [1.54, 1.807) is 5.56 Å². The van der Waals surface area contributed by atoms with Crippen molar-refractivity contribution in [3.63, 3.8) is 0 Å². The molecule has 0 radical (unpaired) electrons. The Labute approximate surface area is 190 Å². The van der Waals surface area contributed by atoms with E-state index in [9.17, 15) is 5.11 Å². The first-order chi connectivity index (χ1) is 14.8. The summed E-state index contributed by atoms with van der Waals surface area (Å²) in [6.07, 6.45) is 21.9. The van der Waals surface area contributed by atoms with E-state index in [2.05, 4.69) is 23.9 Å². The SMILES string of the molecule is CC.Oc1c(CSC2CCCCCC2)cc(C2CCCCC2)cc1C1CCCCC1. The maximum Gasteiger partial charge on any atom is 0.123 e. The van der Waals surface area contributed by atoms with Crippen LogP contribution in [0.3, 0.4) is 0 Å². The molecule has 3 fully saturated rings. The van der Waals surface area contributed by atoms with E-state index in [1.807, 2.05) is 13.8 Å². The largest absolute Gasteiger partial charge is 0.507 e. The van der Waals surface area contributed by atoms with Crippen LogP contribution in [0.15, 0.2) is 12.1 Å². The van der Waals surface area contributed by atoms with Gasteiger partial charge in [0.15, 0.2) is 0 Å². The van der Waals surface area contributed by atoms with Gasteiger partial charge in [-0.2, -0.15) is 11.8 Å². The summed E-state index contributed by atoms with van der Waals surface area (Å²) in [5, 5.41) is 12.0. The normalized spacial score (nSPS) is 22.2. The molecule has 0 saturated heterocycles. The van der Waals surface area contributed by atoms with Crippen molar-refractivity contribution in [2.24, 2.45) is 0 Å². The highest BCUT2D eigenvalue weighted by molar-refractivity contribution is 7.99. The second-order valence-corrected chi connectivity index (χ2v) is 11.0. The lowest BCUT2D eigenvalue weighted by Crippen LogP contribution is -2.10. The lowest BCUT2D eigenvalue weighted by atomic mass is 9.79. The first kappa shape index (κ1) is 24.0. The van der Waals surface area contributed by atoms with E-state index >= 15 is 0 Å². The minimum atomic E-state index is 0.596. The predicted molar refractivity (Wildman–Crippen MR) is 134 cm³/mol. The summed E-state index contributed by atoms with van der Waals surface area (Å²) in [5.74, 6) is 3.00. The van der Waals surface area contributed by atoms with Gasteiger partial charge >= 0.3 is 0 Å². The second kappa shape index (κ2) is 13.0. The number of phenols is 1. The molecule has 170 valence electrons. The molecule has 1 aromatic rings. The summed E-state index contributed by atoms with van der Waals surface area (Å²) in [6, 6.07) is 4.84. The Kier molecular flexibility index (Phi) is 10.4. The van der Waals surface area contributed by atoms with Gasteiger partial charge in [-0.25, -0.2) is 0 Å². The molecule has 1 nitrogen and oxygen atoms in total. The zero-order chi connectivity index (χ0) is 21.2. The van der Waals surface area contributed by atoms with Crippen molar-refractivity contribution in [2.45, 2.75) is 139 Å². The third-order valence-corrected chi connectivity index (χ3v) is 9.06.